The summed E-state index contributed by atoms with van der Waals surface area (Å²) in [7, 11) is 0. The minimum atomic E-state index is -0.00527. The summed E-state index contributed by atoms with van der Waals surface area (Å²) in [5.74, 6) is 0. The smallest absolute Gasteiger partial charge is 0.181 e. The number of halogens is 2. The van der Waals surface area contributed by atoms with Gasteiger partial charge in [-0.2, -0.15) is 4.73 Å². The van der Waals surface area contributed by atoms with E-state index in [1.54, 1.807) is 22.8 Å². The van der Waals surface area contributed by atoms with Gasteiger partial charge in [-0.1, -0.05) is 29.3 Å². The number of imidazole rings is 1. The van der Waals surface area contributed by atoms with Crippen LogP contribution in [0.1, 0.15) is 5.56 Å². The third-order valence-electron chi connectivity index (χ3n) is 2.94. The molecule has 3 rings (SSSR count). The lowest BCUT2D eigenvalue weighted by Gasteiger charge is -2.09. The van der Waals surface area contributed by atoms with Crippen molar-refractivity contribution in [3.63, 3.8) is 0 Å². The van der Waals surface area contributed by atoms with Gasteiger partial charge in [0, 0.05) is 15.6 Å². The Bertz CT molecular complexity index is 834. The molecule has 0 saturated heterocycles. The van der Waals surface area contributed by atoms with Crippen molar-refractivity contribution < 1.29 is 5.21 Å². The molecule has 6 nitrogen and oxygen atoms in total. The summed E-state index contributed by atoms with van der Waals surface area (Å²) < 4.78 is 2.48. The predicted molar refractivity (Wildman–Crippen MR) is 74.1 cm³/mol. The average molecular weight is 310 g/mol. The number of nitrogens with zero attached hydrogens (tertiary/aromatic N) is 4. The maximum absolute atomic E-state index is 9.83. The van der Waals surface area contributed by atoms with Crippen LogP contribution in [0.2, 0.25) is 10.0 Å². The Hall–Kier alpha value is -2.05. The van der Waals surface area contributed by atoms with Gasteiger partial charge in [-0.15, -0.1) is 0 Å². The minimum absolute atomic E-state index is 0.00527. The van der Waals surface area contributed by atoms with Gasteiger partial charge in [-0.3, -0.25) is 5.41 Å². The molecule has 2 N–H and O–H groups in total. The van der Waals surface area contributed by atoms with Crippen LogP contribution in [0.3, 0.4) is 0 Å². The number of aromatic nitrogens is 4. The van der Waals surface area contributed by atoms with Crippen molar-refractivity contribution in [2.45, 2.75) is 6.54 Å². The van der Waals surface area contributed by atoms with E-state index in [1.165, 1.54) is 6.33 Å². The van der Waals surface area contributed by atoms with E-state index in [9.17, 15) is 5.21 Å². The second kappa shape index (κ2) is 4.81. The van der Waals surface area contributed by atoms with Gasteiger partial charge in [0.2, 0.25) is 0 Å². The molecule has 0 aliphatic rings. The van der Waals surface area contributed by atoms with Gasteiger partial charge in [-0.05, 0) is 12.1 Å². The molecule has 0 unspecified atom stereocenters. The average Bonchev–Trinajstić information content (AvgIpc) is 2.84. The fourth-order valence-corrected chi connectivity index (χ4v) is 2.50. The standard InChI is InChI=1S/C12H9Cl2N5O/c13-8-2-1-3-9(14)7(8)4-18-5-16-10-11(15)17-6-19(20)12(10)18/h1-3,5-6,15,20H,4H2. The molecule has 8 heteroatoms. The molecule has 0 aliphatic carbocycles. The van der Waals surface area contributed by atoms with Gasteiger partial charge in [-0.25, -0.2) is 9.97 Å². The zero-order valence-corrected chi connectivity index (χ0v) is 11.6. The third-order valence-corrected chi connectivity index (χ3v) is 3.65. The van der Waals surface area contributed by atoms with E-state index in [4.69, 9.17) is 28.6 Å². The summed E-state index contributed by atoms with van der Waals surface area (Å²) in [4.78, 5) is 7.79. The molecule has 20 heavy (non-hydrogen) atoms. The second-order valence-electron chi connectivity index (χ2n) is 4.18. The fraction of sp³-hybridized carbons (Fsp3) is 0.0833. The maximum atomic E-state index is 9.83. The Kier molecular flexibility index (Phi) is 3.11. The minimum Gasteiger partial charge on any atom is -0.425 e. The zero-order chi connectivity index (χ0) is 14.3. The molecule has 1 aromatic carbocycles. The Morgan fingerprint density at radius 3 is 2.55 bits per heavy atom. The topological polar surface area (TPSA) is 79.7 Å². The van der Waals surface area contributed by atoms with Crippen molar-refractivity contribution in [3.8, 4) is 0 Å². The van der Waals surface area contributed by atoms with Gasteiger partial charge >= 0.3 is 0 Å². The first-order chi connectivity index (χ1) is 9.58. The lowest BCUT2D eigenvalue weighted by Crippen LogP contribution is -2.13. The van der Waals surface area contributed by atoms with Crippen molar-refractivity contribution in [1.82, 2.24) is 19.3 Å². The molecule has 0 spiro atoms. The molecule has 0 aliphatic heterocycles. The molecule has 0 fully saturated rings. The molecule has 0 bridgehead atoms. The Morgan fingerprint density at radius 2 is 1.85 bits per heavy atom. The van der Waals surface area contributed by atoms with Crippen molar-refractivity contribution in [3.05, 3.63) is 52.0 Å². The first-order valence-electron chi connectivity index (χ1n) is 5.67. The molecular formula is C12H9Cl2N5O. The van der Waals surface area contributed by atoms with Crippen LogP contribution in [-0.4, -0.2) is 24.5 Å². The predicted octanol–water partition coefficient (Wildman–Crippen LogP) is 2.30. The summed E-state index contributed by atoms with van der Waals surface area (Å²) in [6, 6.07) is 5.25. The van der Waals surface area contributed by atoms with Crippen molar-refractivity contribution >= 4 is 34.4 Å². The summed E-state index contributed by atoms with van der Waals surface area (Å²) in [6.45, 7) is 0.332. The van der Waals surface area contributed by atoms with Gasteiger partial charge in [0.15, 0.2) is 16.7 Å². The summed E-state index contributed by atoms with van der Waals surface area (Å²) in [6.07, 6.45) is 2.66. The van der Waals surface area contributed by atoms with E-state index in [0.29, 0.717) is 27.8 Å². The van der Waals surface area contributed by atoms with E-state index in [1.807, 2.05) is 0 Å². The van der Waals surface area contributed by atoms with E-state index < -0.39 is 0 Å². The van der Waals surface area contributed by atoms with E-state index in [2.05, 4.69) is 9.97 Å². The van der Waals surface area contributed by atoms with Crippen LogP contribution in [0, 0.1) is 5.41 Å². The lowest BCUT2D eigenvalue weighted by atomic mass is 10.2. The molecule has 2 aromatic heterocycles. The number of hydrogen-bond donors (Lipinski definition) is 2. The third kappa shape index (κ3) is 2.03. The van der Waals surface area contributed by atoms with Crippen LogP contribution in [0.5, 0.6) is 0 Å². The first-order valence-corrected chi connectivity index (χ1v) is 6.42. The first kappa shape index (κ1) is 13.0. The molecule has 3 aromatic rings. The normalized spacial score (nSPS) is 11.1. The van der Waals surface area contributed by atoms with Crippen molar-refractivity contribution in [2.75, 3.05) is 0 Å². The van der Waals surface area contributed by atoms with E-state index in [0.717, 1.165) is 16.6 Å². The monoisotopic (exact) mass is 309 g/mol. The molecule has 0 radical (unpaired) electrons. The molecule has 2 heterocycles. The Balaban J connectivity index is 2.17. The van der Waals surface area contributed by atoms with Gasteiger partial charge in [0.1, 0.15) is 6.33 Å². The highest BCUT2D eigenvalue weighted by atomic mass is 35.5. The van der Waals surface area contributed by atoms with Crippen molar-refractivity contribution in [1.29, 1.82) is 5.41 Å². The summed E-state index contributed by atoms with van der Waals surface area (Å²) in [5.41, 5.74) is 1.38. The van der Waals surface area contributed by atoms with Crippen LogP contribution in [0.15, 0.2) is 30.9 Å². The van der Waals surface area contributed by atoms with E-state index in [-0.39, 0.29) is 5.49 Å². The molecule has 102 valence electrons. The van der Waals surface area contributed by atoms with Gasteiger partial charge < -0.3 is 9.77 Å². The maximum Gasteiger partial charge on any atom is 0.181 e. The van der Waals surface area contributed by atoms with E-state index >= 15 is 0 Å². The lowest BCUT2D eigenvalue weighted by molar-refractivity contribution is 0.190. The second-order valence-corrected chi connectivity index (χ2v) is 5.00. The SMILES string of the molecule is N=c1ncn(O)c2c1ncn2Cc1c(Cl)cccc1Cl. The number of benzene rings is 1. The van der Waals surface area contributed by atoms with Crippen LogP contribution < -0.4 is 5.49 Å². The number of hydrogen-bond acceptors (Lipinski definition) is 4. The quantitative estimate of drug-likeness (QED) is 0.713. The zero-order valence-electron chi connectivity index (χ0n) is 10.1. The summed E-state index contributed by atoms with van der Waals surface area (Å²) in [5, 5.41) is 18.6. The summed E-state index contributed by atoms with van der Waals surface area (Å²) >= 11 is 12.3. The largest absolute Gasteiger partial charge is 0.425 e. The molecule has 0 saturated carbocycles. The number of nitrogens with one attached hydrogen (secondary N) is 1. The molecule has 0 atom stereocenters. The Morgan fingerprint density at radius 1 is 1.15 bits per heavy atom. The molecule has 0 amide bonds. The van der Waals surface area contributed by atoms with Gasteiger partial charge in [0.25, 0.3) is 0 Å². The Labute approximate surface area is 123 Å². The highest BCUT2D eigenvalue weighted by Gasteiger charge is 2.12. The highest BCUT2D eigenvalue weighted by Crippen LogP contribution is 2.25. The van der Waals surface area contributed by atoms with Crippen LogP contribution >= 0.6 is 23.2 Å². The van der Waals surface area contributed by atoms with Crippen molar-refractivity contribution in [2.24, 2.45) is 0 Å². The highest BCUT2D eigenvalue weighted by molar-refractivity contribution is 6.35. The van der Waals surface area contributed by atoms with Gasteiger partial charge in [0.05, 0.1) is 12.9 Å². The number of rotatable bonds is 2. The van der Waals surface area contributed by atoms with Crippen LogP contribution in [-0.2, 0) is 6.54 Å². The van der Waals surface area contributed by atoms with Crippen LogP contribution in [0.25, 0.3) is 11.2 Å². The fourth-order valence-electron chi connectivity index (χ4n) is 1.98. The molecular weight excluding hydrogens is 301 g/mol. The van der Waals surface area contributed by atoms with Crippen LogP contribution in [0.4, 0.5) is 0 Å². The number of fused-ring (bicyclic) bond motifs is 1.